The molecule has 0 aliphatic heterocycles. The minimum Gasteiger partial charge on any atom is -0.389 e. The average molecular weight is 259 g/mol. The van der Waals surface area contributed by atoms with Gasteiger partial charge in [-0.15, -0.1) is 24.0 Å². The molecule has 0 spiro atoms. The Morgan fingerprint density at radius 3 is 2.62 bits per heavy atom. The Morgan fingerprint density at radius 1 is 1.62 bits per heavy atom. The summed E-state index contributed by atoms with van der Waals surface area (Å²) in [6.45, 7) is 6.21. The van der Waals surface area contributed by atoms with Gasteiger partial charge in [0, 0.05) is 23.4 Å². The zero-order valence-electron chi connectivity index (χ0n) is 9.73. The summed E-state index contributed by atoms with van der Waals surface area (Å²) in [5.74, 6) is -0.0464. The first kappa shape index (κ1) is 13.5. The molecule has 0 saturated carbocycles. The molecule has 16 heavy (non-hydrogen) atoms. The van der Waals surface area contributed by atoms with Crippen LogP contribution in [0.3, 0.4) is 0 Å². The number of rotatable bonds is 4. The molecule has 0 saturated heterocycles. The molecule has 0 radical (unpaired) electrons. The number of aliphatic hydroxyl groups is 1. The SMILES string of the molecule is CCN(CC(C)(C)O)C(=O)c1cc(S)cs1. The fourth-order valence-corrected chi connectivity index (χ4v) is 2.50. The van der Waals surface area contributed by atoms with Crippen molar-refractivity contribution in [2.75, 3.05) is 13.1 Å². The van der Waals surface area contributed by atoms with Crippen molar-refractivity contribution in [3.8, 4) is 0 Å². The predicted octanol–water partition coefficient (Wildman–Crippen LogP) is 2.27. The lowest BCUT2D eigenvalue weighted by molar-refractivity contribution is 0.0317. The van der Waals surface area contributed by atoms with E-state index in [1.165, 1.54) is 11.3 Å². The van der Waals surface area contributed by atoms with Gasteiger partial charge >= 0.3 is 0 Å². The number of hydrogen-bond acceptors (Lipinski definition) is 4. The fourth-order valence-electron chi connectivity index (χ4n) is 1.39. The summed E-state index contributed by atoms with van der Waals surface area (Å²) in [6.07, 6.45) is 0. The monoisotopic (exact) mass is 259 g/mol. The van der Waals surface area contributed by atoms with Gasteiger partial charge in [0.15, 0.2) is 0 Å². The van der Waals surface area contributed by atoms with E-state index in [4.69, 9.17) is 0 Å². The Kier molecular flexibility index (Phi) is 4.41. The molecular formula is C11H17NO2S2. The second-order valence-electron chi connectivity index (χ2n) is 4.30. The predicted molar refractivity (Wildman–Crippen MR) is 69.4 cm³/mol. The van der Waals surface area contributed by atoms with E-state index in [-0.39, 0.29) is 5.91 Å². The lowest BCUT2D eigenvalue weighted by Gasteiger charge is -2.27. The first-order valence-electron chi connectivity index (χ1n) is 5.12. The summed E-state index contributed by atoms with van der Waals surface area (Å²) < 4.78 is 0. The number of hydrogen-bond donors (Lipinski definition) is 2. The zero-order valence-corrected chi connectivity index (χ0v) is 11.4. The average Bonchev–Trinajstić information content (AvgIpc) is 2.58. The van der Waals surface area contributed by atoms with E-state index < -0.39 is 5.60 Å². The third-order valence-corrected chi connectivity index (χ3v) is 3.39. The van der Waals surface area contributed by atoms with Crippen LogP contribution in [0.1, 0.15) is 30.4 Å². The van der Waals surface area contributed by atoms with Crippen molar-refractivity contribution >= 4 is 29.9 Å². The van der Waals surface area contributed by atoms with Crippen molar-refractivity contribution < 1.29 is 9.90 Å². The molecule has 0 atom stereocenters. The number of nitrogens with zero attached hydrogens (tertiary/aromatic N) is 1. The lowest BCUT2D eigenvalue weighted by Crippen LogP contribution is -2.41. The maximum Gasteiger partial charge on any atom is 0.264 e. The van der Waals surface area contributed by atoms with Crippen molar-refractivity contribution in [2.45, 2.75) is 31.3 Å². The van der Waals surface area contributed by atoms with E-state index in [1.54, 1.807) is 24.8 Å². The Morgan fingerprint density at radius 2 is 2.25 bits per heavy atom. The molecule has 0 aromatic carbocycles. The molecule has 1 aromatic heterocycles. The molecule has 3 nitrogen and oxygen atoms in total. The largest absolute Gasteiger partial charge is 0.389 e. The Balaban J connectivity index is 2.78. The van der Waals surface area contributed by atoms with Crippen molar-refractivity contribution in [1.29, 1.82) is 0 Å². The van der Waals surface area contributed by atoms with Crippen LogP contribution in [0.2, 0.25) is 0 Å². The van der Waals surface area contributed by atoms with E-state index in [0.29, 0.717) is 18.0 Å². The van der Waals surface area contributed by atoms with Crippen molar-refractivity contribution in [1.82, 2.24) is 4.90 Å². The minimum atomic E-state index is -0.868. The summed E-state index contributed by atoms with van der Waals surface area (Å²) in [4.78, 5) is 15.2. The van der Waals surface area contributed by atoms with Crippen molar-refractivity contribution in [3.63, 3.8) is 0 Å². The molecule has 1 amide bonds. The maximum atomic E-state index is 12.1. The van der Waals surface area contributed by atoms with Crippen molar-refractivity contribution in [2.24, 2.45) is 0 Å². The summed E-state index contributed by atoms with van der Waals surface area (Å²) >= 11 is 5.55. The van der Waals surface area contributed by atoms with Crippen LogP contribution >= 0.6 is 24.0 Å². The number of thiol groups is 1. The van der Waals surface area contributed by atoms with Crippen LogP contribution < -0.4 is 0 Å². The fraction of sp³-hybridized carbons (Fsp3) is 0.545. The molecule has 1 heterocycles. The van der Waals surface area contributed by atoms with Gasteiger partial charge in [-0.05, 0) is 26.8 Å². The quantitative estimate of drug-likeness (QED) is 0.814. The van der Waals surface area contributed by atoms with Gasteiger partial charge in [0.1, 0.15) is 0 Å². The highest BCUT2D eigenvalue weighted by Gasteiger charge is 2.22. The van der Waals surface area contributed by atoms with E-state index in [9.17, 15) is 9.90 Å². The van der Waals surface area contributed by atoms with E-state index in [2.05, 4.69) is 12.6 Å². The molecule has 0 unspecified atom stereocenters. The molecular weight excluding hydrogens is 242 g/mol. The van der Waals surface area contributed by atoms with Gasteiger partial charge in [-0.1, -0.05) is 0 Å². The first-order chi connectivity index (χ1) is 7.33. The molecule has 5 heteroatoms. The van der Waals surface area contributed by atoms with Gasteiger partial charge in [-0.3, -0.25) is 4.79 Å². The summed E-state index contributed by atoms with van der Waals surface area (Å²) in [6, 6.07) is 1.75. The lowest BCUT2D eigenvalue weighted by atomic mass is 10.1. The van der Waals surface area contributed by atoms with Crippen LogP contribution in [0, 0.1) is 0 Å². The summed E-state index contributed by atoms with van der Waals surface area (Å²) in [5, 5.41) is 11.5. The number of carbonyl (C=O) groups is 1. The first-order valence-corrected chi connectivity index (χ1v) is 6.45. The van der Waals surface area contributed by atoms with Crippen molar-refractivity contribution in [3.05, 3.63) is 16.3 Å². The summed E-state index contributed by atoms with van der Waals surface area (Å²) in [5.41, 5.74) is -0.868. The Bertz CT molecular complexity index is 368. The van der Waals surface area contributed by atoms with Gasteiger partial charge in [0.05, 0.1) is 10.5 Å². The molecule has 1 rings (SSSR count). The molecule has 0 bridgehead atoms. The van der Waals surface area contributed by atoms with Gasteiger partial charge in [0.2, 0.25) is 0 Å². The van der Waals surface area contributed by atoms with Gasteiger partial charge < -0.3 is 10.0 Å². The van der Waals surface area contributed by atoms with Gasteiger partial charge in [-0.25, -0.2) is 0 Å². The number of amides is 1. The standard InChI is InChI=1S/C11H17NO2S2/c1-4-12(7-11(2,3)14)10(13)9-5-8(15)6-16-9/h5-6,14-15H,4,7H2,1-3H3. The minimum absolute atomic E-state index is 0.0464. The van der Waals surface area contributed by atoms with E-state index in [0.717, 1.165) is 4.90 Å². The van der Waals surface area contributed by atoms with E-state index >= 15 is 0 Å². The number of thiophene rings is 1. The number of likely N-dealkylation sites (N-methyl/N-ethyl adjacent to an activating group) is 1. The molecule has 1 aromatic rings. The molecule has 90 valence electrons. The van der Waals surface area contributed by atoms with Crippen LogP contribution in [-0.2, 0) is 0 Å². The molecule has 1 N–H and O–H groups in total. The van der Waals surface area contributed by atoms with Crippen LogP contribution in [-0.4, -0.2) is 34.6 Å². The van der Waals surface area contributed by atoms with Gasteiger partial charge in [-0.2, -0.15) is 0 Å². The third kappa shape index (κ3) is 3.81. The molecule has 0 fully saturated rings. The van der Waals surface area contributed by atoms with Crippen LogP contribution in [0.5, 0.6) is 0 Å². The highest BCUT2D eigenvalue weighted by atomic mass is 32.1. The third-order valence-electron chi connectivity index (χ3n) is 2.04. The summed E-state index contributed by atoms with van der Waals surface area (Å²) in [7, 11) is 0. The molecule has 0 aliphatic carbocycles. The highest BCUT2D eigenvalue weighted by molar-refractivity contribution is 7.80. The van der Waals surface area contributed by atoms with Gasteiger partial charge in [0.25, 0.3) is 5.91 Å². The highest BCUT2D eigenvalue weighted by Crippen LogP contribution is 2.20. The van der Waals surface area contributed by atoms with Crippen LogP contribution in [0.15, 0.2) is 16.3 Å². The smallest absolute Gasteiger partial charge is 0.264 e. The normalized spacial score (nSPS) is 11.6. The molecule has 0 aliphatic rings. The van der Waals surface area contributed by atoms with Crippen LogP contribution in [0.4, 0.5) is 0 Å². The topological polar surface area (TPSA) is 40.5 Å². The maximum absolute atomic E-state index is 12.1. The Hall–Kier alpha value is -0.520. The van der Waals surface area contributed by atoms with E-state index in [1.807, 2.05) is 12.3 Å². The number of carbonyl (C=O) groups excluding carboxylic acids is 1. The zero-order chi connectivity index (χ0) is 12.3. The second kappa shape index (κ2) is 5.21. The second-order valence-corrected chi connectivity index (χ2v) is 5.73. The van der Waals surface area contributed by atoms with Crippen LogP contribution in [0.25, 0.3) is 0 Å². The Labute approximate surface area is 105 Å².